The van der Waals surface area contributed by atoms with E-state index in [1.807, 2.05) is 6.07 Å². The van der Waals surface area contributed by atoms with Crippen molar-refractivity contribution in [2.24, 2.45) is 5.73 Å². The molecule has 5 nitrogen and oxygen atoms in total. The number of para-hydroxylation sites is 1. The molecule has 0 amide bonds. The predicted molar refractivity (Wildman–Crippen MR) is 75.9 cm³/mol. The van der Waals surface area contributed by atoms with Crippen molar-refractivity contribution < 1.29 is 8.42 Å². The number of fused-ring (bicyclic) bond motifs is 1. The van der Waals surface area contributed by atoms with Gasteiger partial charge in [-0.05, 0) is 18.6 Å². The lowest BCUT2D eigenvalue weighted by Crippen LogP contribution is -2.13. The number of hydrogen-bond acceptors (Lipinski definition) is 4. The van der Waals surface area contributed by atoms with Crippen molar-refractivity contribution in [1.82, 2.24) is 9.97 Å². The van der Waals surface area contributed by atoms with Gasteiger partial charge >= 0.3 is 0 Å². The Hall–Kier alpha value is -1.40. The van der Waals surface area contributed by atoms with Gasteiger partial charge in [-0.3, -0.25) is 0 Å². The van der Waals surface area contributed by atoms with Crippen molar-refractivity contribution in [3.8, 4) is 0 Å². The maximum absolute atomic E-state index is 11.7. The van der Waals surface area contributed by atoms with Crippen molar-refractivity contribution in [3.63, 3.8) is 0 Å². The van der Waals surface area contributed by atoms with Crippen LogP contribution in [0.4, 0.5) is 0 Å². The zero-order valence-electron chi connectivity index (χ0n) is 11.2. The summed E-state index contributed by atoms with van der Waals surface area (Å²) in [6.45, 7) is 2.59. The summed E-state index contributed by atoms with van der Waals surface area (Å²) in [6.07, 6.45) is 3.14. The summed E-state index contributed by atoms with van der Waals surface area (Å²) in [7, 11) is -3.27. The van der Waals surface area contributed by atoms with Gasteiger partial charge in [0, 0.05) is 18.7 Å². The van der Waals surface area contributed by atoms with Gasteiger partial charge < -0.3 is 10.7 Å². The van der Waals surface area contributed by atoms with E-state index in [-0.39, 0.29) is 10.8 Å². The van der Waals surface area contributed by atoms with E-state index in [1.54, 1.807) is 12.1 Å². The molecule has 1 heterocycles. The van der Waals surface area contributed by atoms with Gasteiger partial charge in [0.05, 0.1) is 10.4 Å². The van der Waals surface area contributed by atoms with Gasteiger partial charge in [-0.2, -0.15) is 0 Å². The van der Waals surface area contributed by atoms with E-state index >= 15 is 0 Å². The number of hydrogen-bond donors (Lipinski definition) is 2. The van der Waals surface area contributed by atoms with Crippen molar-refractivity contribution in [3.05, 3.63) is 24.0 Å². The van der Waals surface area contributed by atoms with Crippen LogP contribution in [0.1, 0.15) is 31.5 Å². The Bertz CT molecular complexity index is 676. The fourth-order valence-corrected chi connectivity index (χ4v) is 3.06. The number of benzene rings is 1. The highest BCUT2D eigenvalue weighted by atomic mass is 32.2. The first-order valence-corrected chi connectivity index (χ1v) is 8.25. The Labute approximate surface area is 113 Å². The van der Waals surface area contributed by atoms with Crippen LogP contribution >= 0.6 is 0 Å². The zero-order valence-corrected chi connectivity index (χ0v) is 12.0. The second-order valence-corrected chi connectivity index (χ2v) is 6.75. The topological polar surface area (TPSA) is 88.8 Å². The van der Waals surface area contributed by atoms with E-state index in [1.165, 1.54) is 6.26 Å². The maximum Gasteiger partial charge on any atom is 0.177 e. The summed E-state index contributed by atoms with van der Waals surface area (Å²) < 4.78 is 23.5. The van der Waals surface area contributed by atoms with Gasteiger partial charge in [-0.25, -0.2) is 13.4 Å². The second kappa shape index (κ2) is 5.30. The van der Waals surface area contributed by atoms with Crippen molar-refractivity contribution in [2.45, 2.75) is 30.6 Å². The first kappa shape index (κ1) is 14.0. The number of imidazole rings is 1. The molecule has 104 valence electrons. The van der Waals surface area contributed by atoms with Crippen LogP contribution in [0.5, 0.6) is 0 Å². The molecule has 0 saturated heterocycles. The third-order valence-corrected chi connectivity index (χ3v) is 4.33. The molecule has 19 heavy (non-hydrogen) atoms. The Morgan fingerprint density at radius 2 is 2.16 bits per heavy atom. The summed E-state index contributed by atoms with van der Waals surface area (Å²) in [5.41, 5.74) is 7.01. The molecular weight excluding hydrogens is 262 g/mol. The highest BCUT2D eigenvalue weighted by Crippen LogP contribution is 2.25. The molecule has 0 bridgehead atoms. The Morgan fingerprint density at radius 1 is 1.42 bits per heavy atom. The van der Waals surface area contributed by atoms with E-state index in [2.05, 4.69) is 16.9 Å². The molecule has 0 aliphatic heterocycles. The number of aromatic amines is 1. The first-order chi connectivity index (χ1) is 8.97. The molecule has 1 unspecified atom stereocenters. The van der Waals surface area contributed by atoms with Gasteiger partial charge in [0.25, 0.3) is 0 Å². The maximum atomic E-state index is 11.7. The minimum Gasteiger partial charge on any atom is -0.342 e. The molecule has 0 radical (unpaired) electrons. The van der Waals surface area contributed by atoms with Crippen molar-refractivity contribution in [2.75, 3.05) is 12.8 Å². The number of aromatic nitrogens is 2. The van der Waals surface area contributed by atoms with Gasteiger partial charge in [-0.15, -0.1) is 0 Å². The Morgan fingerprint density at radius 3 is 2.74 bits per heavy atom. The van der Waals surface area contributed by atoms with Crippen LogP contribution in [0.3, 0.4) is 0 Å². The van der Waals surface area contributed by atoms with E-state index < -0.39 is 9.84 Å². The van der Waals surface area contributed by atoms with Crippen molar-refractivity contribution >= 4 is 20.9 Å². The third-order valence-electron chi connectivity index (χ3n) is 3.20. The lowest BCUT2D eigenvalue weighted by atomic mass is 10.0. The standard InChI is InChI=1S/C13H19N3O2S/c1-3-5-9(8-14)13-15-10-6-4-7-11(12(10)16-13)19(2,17)18/h4,6-7,9H,3,5,8,14H2,1-2H3,(H,15,16). The summed E-state index contributed by atoms with van der Waals surface area (Å²) >= 11 is 0. The van der Waals surface area contributed by atoms with E-state index in [0.29, 0.717) is 12.1 Å². The summed E-state index contributed by atoms with van der Waals surface area (Å²) in [4.78, 5) is 7.91. The van der Waals surface area contributed by atoms with Crippen molar-refractivity contribution in [1.29, 1.82) is 0 Å². The number of nitrogens with one attached hydrogen (secondary N) is 1. The first-order valence-electron chi connectivity index (χ1n) is 6.36. The van der Waals surface area contributed by atoms with Crippen LogP contribution < -0.4 is 5.73 Å². The minimum atomic E-state index is -3.27. The molecule has 1 aromatic heterocycles. The van der Waals surface area contributed by atoms with Crippen LogP contribution in [-0.2, 0) is 9.84 Å². The van der Waals surface area contributed by atoms with Crippen LogP contribution in [0.2, 0.25) is 0 Å². The molecule has 1 aromatic carbocycles. The van der Waals surface area contributed by atoms with Crippen LogP contribution in [-0.4, -0.2) is 31.2 Å². The minimum absolute atomic E-state index is 0.143. The monoisotopic (exact) mass is 281 g/mol. The van der Waals surface area contributed by atoms with Gasteiger partial charge in [0.1, 0.15) is 11.3 Å². The number of nitrogens with zero attached hydrogens (tertiary/aromatic N) is 1. The number of sulfone groups is 1. The molecule has 6 heteroatoms. The molecule has 0 saturated carbocycles. The number of H-pyrrole nitrogens is 1. The lowest BCUT2D eigenvalue weighted by molar-refractivity contribution is 0.595. The molecule has 1 atom stereocenters. The van der Waals surface area contributed by atoms with E-state index in [0.717, 1.165) is 24.2 Å². The van der Waals surface area contributed by atoms with Crippen LogP contribution in [0.15, 0.2) is 23.1 Å². The fourth-order valence-electron chi connectivity index (χ4n) is 2.23. The van der Waals surface area contributed by atoms with E-state index in [9.17, 15) is 8.42 Å². The second-order valence-electron chi connectivity index (χ2n) is 4.77. The zero-order chi connectivity index (χ0) is 14.0. The molecule has 3 N–H and O–H groups in total. The predicted octanol–water partition coefficient (Wildman–Crippen LogP) is 1.81. The molecule has 0 aliphatic rings. The number of rotatable bonds is 5. The Kier molecular flexibility index (Phi) is 3.91. The fraction of sp³-hybridized carbons (Fsp3) is 0.462. The normalized spacial score (nSPS) is 13.8. The average molecular weight is 281 g/mol. The molecule has 2 aromatic rings. The molecular formula is C13H19N3O2S. The smallest absolute Gasteiger partial charge is 0.177 e. The van der Waals surface area contributed by atoms with Crippen LogP contribution in [0.25, 0.3) is 11.0 Å². The largest absolute Gasteiger partial charge is 0.342 e. The highest BCUT2D eigenvalue weighted by Gasteiger charge is 2.18. The van der Waals surface area contributed by atoms with Gasteiger partial charge in [-0.1, -0.05) is 19.4 Å². The van der Waals surface area contributed by atoms with Crippen LogP contribution in [0, 0.1) is 0 Å². The van der Waals surface area contributed by atoms with Gasteiger partial charge in [0.15, 0.2) is 9.84 Å². The summed E-state index contributed by atoms with van der Waals surface area (Å²) in [6, 6.07) is 5.14. The SMILES string of the molecule is CCCC(CN)c1nc2c(S(C)(=O)=O)cccc2[nH]1. The van der Waals surface area contributed by atoms with Gasteiger partial charge in [0.2, 0.25) is 0 Å². The number of nitrogens with two attached hydrogens (primary N) is 1. The quantitative estimate of drug-likeness (QED) is 0.874. The summed E-state index contributed by atoms with van der Waals surface area (Å²) in [5.74, 6) is 0.917. The average Bonchev–Trinajstić information content (AvgIpc) is 2.77. The third kappa shape index (κ3) is 2.79. The molecule has 0 aliphatic carbocycles. The highest BCUT2D eigenvalue weighted by molar-refractivity contribution is 7.91. The lowest BCUT2D eigenvalue weighted by Gasteiger charge is -2.09. The molecule has 0 spiro atoms. The molecule has 0 fully saturated rings. The Balaban J connectivity index is 2.57. The van der Waals surface area contributed by atoms with E-state index in [4.69, 9.17) is 5.73 Å². The summed E-state index contributed by atoms with van der Waals surface area (Å²) in [5, 5.41) is 0. The molecule has 2 rings (SSSR count).